The number of nitrogens with zero attached hydrogens (tertiary/aromatic N) is 1. The van der Waals surface area contributed by atoms with Crippen LogP contribution in [0.15, 0.2) is 24.3 Å². The second-order valence-corrected chi connectivity index (χ2v) is 4.27. The van der Waals surface area contributed by atoms with Gasteiger partial charge in [-0.3, -0.25) is 14.5 Å². The monoisotopic (exact) mass is 233 g/mol. The zero-order chi connectivity index (χ0) is 12.4. The summed E-state index contributed by atoms with van der Waals surface area (Å²) in [6, 6.07) is 7.40. The van der Waals surface area contributed by atoms with Crippen LogP contribution < -0.4 is 4.74 Å². The van der Waals surface area contributed by atoms with E-state index in [4.69, 9.17) is 4.74 Å². The Morgan fingerprint density at radius 2 is 2.18 bits per heavy atom. The standard InChI is InChI=1S/C13H15NO3/c1-9-6-12(15)14(13(9)16)8-10-4-3-5-11(7-10)17-2/h3-5,7,9H,6,8H2,1-2H3. The highest BCUT2D eigenvalue weighted by atomic mass is 16.5. The molecule has 1 heterocycles. The van der Waals surface area contributed by atoms with Crippen LogP contribution >= 0.6 is 0 Å². The fraction of sp³-hybridized carbons (Fsp3) is 0.385. The smallest absolute Gasteiger partial charge is 0.232 e. The molecule has 4 nitrogen and oxygen atoms in total. The first-order valence-corrected chi connectivity index (χ1v) is 5.59. The largest absolute Gasteiger partial charge is 0.497 e. The molecule has 4 heteroatoms. The number of likely N-dealkylation sites (tertiary alicyclic amines) is 1. The van der Waals surface area contributed by atoms with Crippen molar-refractivity contribution in [3.8, 4) is 5.75 Å². The number of carbonyl (C=O) groups excluding carboxylic acids is 2. The van der Waals surface area contributed by atoms with E-state index in [1.807, 2.05) is 24.3 Å². The van der Waals surface area contributed by atoms with Crippen molar-refractivity contribution in [1.82, 2.24) is 4.90 Å². The fourth-order valence-corrected chi connectivity index (χ4v) is 1.97. The van der Waals surface area contributed by atoms with E-state index < -0.39 is 0 Å². The molecule has 2 rings (SSSR count). The number of methoxy groups -OCH3 is 1. The van der Waals surface area contributed by atoms with E-state index in [9.17, 15) is 9.59 Å². The molecule has 0 spiro atoms. The van der Waals surface area contributed by atoms with Gasteiger partial charge in [0.25, 0.3) is 0 Å². The number of amides is 2. The Hall–Kier alpha value is -1.84. The Kier molecular flexibility index (Phi) is 3.13. The lowest BCUT2D eigenvalue weighted by molar-refractivity contribution is -0.139. The number of hydrogen-bond donors (Lipinski definition) is 0. The number of rotatable bonds is 3. The second-order valence-electron chi connectivity index (χ2n) is 4.27. The zero-order valence-electron chi connectivity index (χ0n) is 9.97. The predicted molar refractivity (Wildman–Crippen MR) is 62.3 cm³/mol. The Morgan fingerprint density at radius 3 is 2.76 bits per heavy atom. The van der Waals surface area contributed by atoms with Crippen molar-refractivity contribution in [3.05, 3.63) is 29.8 Å². The highest BCUT2D eigenvalue weighted by Crippen LogP contribution is 2.22. The summed E-state index contributed by atoms with van der Waals surface area (Å²) in [7, 11) is 1.59. The van der Waals surface area contributed by atoms with Gasteiger partial charge >= 0.3 is 0 Å². The van der Waals surface area contributed by atoms with Crippen LogP contribution in [-0.4, -0.2) is 23.8 Å². The molecule has 1 aromatic rings. The van der Waals surface area contributed by atoms with Gasteiger partial charge in [0.05, 0.1) is 13.7 Å². The van der Waals surface area contributed by atoms with Crippen LogP contribution in [-0.2, 0) is 16.1 Å². The topological polar surface area (TPSA) is 46.6 Å². The summed E-state index contributed by atoms with van der Waals surface area (Å²) in [5, 5.41) is 0. The molecule has 17 heavy (non-hydrogen) atoms. The van der Waals surface area contributed by atoms with Gasteiger partial charge in [0.2, 0.25) is 11.8 Å². The molecule has 0 N–H and O–H groups in total. The van der Waals surface area contributed by atoms with Gasteiger partial charge in [-0.05, 0) is 17.7 Å². The Bertz CT molecular complexity index is 456. The number of ether oxygens (including phenoxy) is 1. The molecule has 1 aliphatic heterocycles. The third-order valence-corrected chi connectivity index (χ3v) is 2.94. The number of imide groups is 1. The van der Waals surface area contributed by atoms with Crippen molar-refractivity contribution in [1.29, 1.82) is 0 Å². The van der Waals surface area contributed by atoms with Crippen LogP contribution in [0.3, 0.4) is 0 Å². The third kappa shape index (κ3) is 2.30. The highest BCUT2D eigenvalue weighted by molar-refractivity contribution is 6.03. The Balaban J connectivity index is 2.15. The first-order chi connectivity index (χ1) is 8.11. The average Bonchev–Trinajstić information content (AvgIpc) is 2.56. The first kappa shape index (κ1) is 11.6. The molecule has 0 saturated carbocycles. The molecule has 1 unspecified atom stereocenters. The van der Waals surface area contributed by atoms with Crippen LogP contribution in [0.2, 0.25) is 0 Å². The number of carbonyl (C=O) groups is 2. The Labute approximate surface area is 100 Å². The average molecular weight is 233 g/mol. The summed E-state index contributed by atoms with van der Waals surface area (Å²) in [4.78, 5) is 24.7. The van der Waals surface area contributed by atoms with Gasteiger partial charge < -0.3 is 4.74 Å². The summed E-state index contributed by atoms with van der Waals surface area (Å²) >= 11 is 0. The quantitative estimate of drug-likeness (QED) is 0.745. The van der Waals surface area contributed by atoms with E-state index in [1.54, 1.807) is 14.0 Å². The van der Waals surface area contributed by atoms with Crippen LogP contribution in [0.1, 0.15) is 18.9 Å². The van der Waals surface area contributed by atoms with Gasteiger partial charge in [0.15, 0.2) is 0 Å². The summed E-state index contributed by atoms with van der Waals surface area (Å²) in [6.45, 7) is 2.12. The molecule has 1 aromatic carbocycles. The summed E-state index contributed by atoms with van der Waals surface area (Å²) < 4.78 is 5.11. The SMILES string of the molecule is COc1cccc(CN2C(=O)CC(C)C2=O)c1. The normalized spacial score (nSPS) is 19.9. The lowest BCUT2D eigenvalue weighted by Gasteiger charge is -2.14. The Morgan fingerprint density at radius 1 is 1.41 bits per heavy atom. The lowest BCUT2D eigenvalue weighted by atomic mass is 10.1. The maximum Gasteiger partial charge on any atom is 0.232 e. The van der Waals surface area contributed by atoms with Gasteiger partial charge in [-0.25, -0.2) is 0 Å². The van der Waals surface area contributed by atoms with E-state index in [2.05, 4.69) is 0 Å². The molecular weight excluding hydrogens is 218 g/mol. The lowest BCUT2D eigenvalue weighted by Crippen LogP contribution is -2.29. The first-order valence-electron chi connectivity index (χ1n) is 5.59. The van der Waals surface area contributed by atoms with E-state index in [1.165, 1.54) is 4.90 Å². The van der Waals surface area contributed by atoms with E-state index in [0.717, 1.165) is 11.3 Å². The maximum atomic E-state index is 11.7. The summed E-state index contributed by atoms with van der Waals surface area (Å²) in [6.07, 6.45) is 0.322. The van der Waals surface area contributed by atoms with Gasteiger partial charge in [0.1, 0.15) is 5.75 Å². The molecule has 1 saturated heterocycles. The molecule has 0 bridgehead atoms. The second kappa shape index (κ2) is 4.57. The molecule has 1 atom stereocenters. The van der Waals surface area contributed by atoms with Gasteiger partial charge in [0, 0.05) is 12.3 Å². The minimum absolute atomic E-state index is 0.0854. The fourth-order valence-electron chi connectivity index (χ4n) is 1.97. The van der Waals surface area contributed by atoms with Crippen molar-refractivity contribution in [2.75, 3.05) is 7.11 Å². The number of hydrogen-bond acceptors (Lipinski definition) is 3. The molecule has 1 aliphatic rings. The molecule has 0 radical (unpaired) electrons. The molecule has 0 aromatic heterocycles. The summed E-state index contributed by atoms with van der Waals surface area (Å²) in [5.74, 6) is 0.367. The van der Waals surface area contributed by atoms with Gasteiger partial charge in [-0.2, -0.15) is 0 Å². The minimum atomic E-state index is -0.187. The van der Waals surface area contributed by atoms with E-state index in [0.29, 0.717) is 13.0 Å². The van der Waals surface area contributed by atoms with Crippen molar-refractivity contribution >= 4 is 11.8 Å². The van der Waals surface area contributed by atoms with Crippen molar-refractivity contribution in [3.63, 3.8) is 0 Å². The van der Waals surface area contributed by atoms with Crippen molar-refractivity contribution in [2.24, 2.45) is 5.92 Å². The molecule has 0 aliphatic carbocycles. The molecule has 1 fully saturated rings. The van der Waals surface area contributed by atoms with Gasteiger partial charge in [-0.15, -0.1) is 0 Å². The molecule has 2 amide bonds. The van der Waals surface area contributed by atoms with Crippen molar-refractivity contribution in [2.45, 2.75) is 19.9 Å². The van der Waals surface area contributed by atoms with Crippen LogP contribution in [0, 0.1) is 5.92 Å². The van der Waals surface area contributed by atoms with E-state index in [-0.39, 0.29) is 17.7 Å². The highest BCUT2D eigenvalue weighted by Gasteiger charge is 2.35. The maximum absolute atomic E-state index is 11.7. The van der Waals surface area contributed by atoms with E-state index >= 15 is 0 Å². The molecular formula is C13H15NO3. The molecule has 90 valence electrons. The predicted octanol–water partition coefficient (Wildman–Crippen LogP) is 1.59. The zero-order valence-corrected chi connectivity index (χ0v) is 9.97. The van der Waals surface area contributed by atoms with Gasteiger partial charge in [-0.1, -0.05) is 19.1 Å². The summed E-state index contributed by atoms with van der Waals surface area (Å²) in [5.41, 5.74) is 0.903. The third-order valence-electron chi connectivity index (χ3n) is 2.94. The van der Waals surface area contributed by atoms with Crippen LogP contribution in [0.4, 0.5) is 0 Å². The van der Waals surface area contributed by atoms with Crippen LogP contribution in [0.25, 0.3) is 0 Å². The number of benzene rings is 1. The minimum Gasteiger partial charge on any atom is -0.497 e. The van der Waals surface area contributed by atoms with Crippen molar-refractivity contribution < 1.29 is 14.3 Å². The van der Waals surface area contributed by atoms with Crippen LogP contribution in [0.5, 0.6) is 5.75 Å².